The van der Waals surface area contributed by atoms with Crippen LogP contribution < -0.4 is 10.6 Å². The smallest absolute Gasteiger partial charge is 0.335 e. The molecule has 3 N–H and O–H groups in total. The van der Waals surface area contributed by atoms with Crippen molar-refractivity contribution < 1.29 is 14.3 Å². The Morgan fingerprint density at radius 2 is 2.05 bits per heavy atom. The number of halogens is 2. The average Bonchev–Trinajstić information content (AvgIpc) is 2.42. The number of nitrogens with zero attached hydrogens (tertiary/aromatic N) is 1. The average molecular weight is 353 g/mol. The third-order valence-electron chi connectivity index (χ3n) is 3.09. The first-order valence-corrected chi connectivity index (χ1v) is 6.95. The molecule has 0 bridgehead atoms. The van der Waals surface area contributed by atoms with Gasteiger partial charge in [0, 0.05) is 13.6 Å². The number of benzene rings is 2. The second-order valence-corrected chi connectivity index (χ2v) is 5.54. The summed E-state index contributed by atoms with van der Waals surface area (Å²) in [6.45, 7) is 0.523. The number of hydrogen-bond donors (Lipinski definition) is 2. The fourth-order valence-corrected chi connectivity index (χ4v) is 2.46. The number of carbonyl (C=O) groups is 1. The van der Waals surface area contributed by atoms with E-state index in [1.54, 1.807) is 18.2 Å². The molecule has 0 aromatic heterocycles. The maximum Gasteiger partial charge on any atom is 0.335 e. The lowest BCUT2D eigenvalue weighted by atomic mass is 10.1. The highest BCUT2D eigenvalue weighted by Crippen LogP contribution is 2.26. The normalized spacial score (nSPS) is 10.4. The summed E-state index contributed by atoms with van der Waals surface area (Å²) in [4.78, 5) is 12.8. The van der Waals surface area contributed by atoms with Gasteiger partial charge in [-0.05, 0) is 51.8 Å². The first-order valence-electron chi connectivity index (χ1n) is 6.16. The molecule has 0 heterocycles. The molecule has 0 radical (unpaired) electrons. The monoisotopic (exact) mass is 352 g/mol. The fourth-order valence-electron chi connectivity index (χ4n) is 2.03. The minimum atomic E-state index is -1.02. The van der Waals surface area contributed by atoms with Crippen molar-refractivity contribution in [3.63, 3.8) is 0 Å². The zero-order valence-electron chi connectivity index (χ0n) is 11.3. The second kappa shape index (κ2) is 6.13. The Morgan fingerprint density at radius 3 is 2.62 bits per heavy atom. The molecule has 21 heavy (non-hydrogen) atoms. The van der Waals surface area contributed by atoms with Gasteiger partial charge >= 0.3 is 5.97 Å². The van der Waals surface area contributed by atoms with E-state index >= 15 is 0 Å². The Labute approximate surface area is 130 Å². The van der Waals surface area contributed by atoms with E-state index in [-0.39, 0.29) is 11.4 Å². The van der Waals surface area contributed by atoms with Crippen LogP contribution in [0.4, 0.5) is 15.8 Å². The zero-order valence-corrected chi connectivity index (χ0v) is 12.9. The fraction of sp³-hybridized carbons (Fsp3) is 0.133. The Bertz CT molecular complexity index is 691. The van der Waals surface area contributed by atoms with Crippen LogP contribution in [-0.2, 0) is 6.54 Å². The molecular weight excluding hydrogens is 339 g/mol. The molecule has 0 aliphatic heterocycles. The summed E-state index contributed by atoms with van der Waals surface area (Å²) in [5.41, 5.74) is 8.06. The number of rotatable bonds is 4. The van der Waals surface area contributed by atoms with Crippen LogP contribution >= 0.6 is 15.9 Å². The van der Waals surface area contributed by atoms with Crippen molar-refractivity contribution in [1.82, 2.24) is 0 Å². The second-order valence-electron chi connectivity index (χ2n) is 4.68. The van der Waals surface area contributed by atoms with Crippen molar-refractivity contribution in [2.45, 2.75) is 6.54 Å². The van der Waals surface area contributed by atoms with E-state index in [0.29, 0.717) is 16.7 Å². The van der Waals surface area contributed by atoms with E-state index in [4.69, 9.17) is 10.8 Å². The Kier molecular flexibility index (Phi) is 4.47. The molecular formula is C15H14BrFN2O2. The maximum atomic E-state index is 13.2. The molecule has 0 saturated heterocycles. The number of nitrogen functional groups attached to an aromatic ring is 1. The molecule has 0 atom stereocenters. The van der Waals surface area contributed by atoms with E-state index in [9.17, 15) is 9.18 Å². The molecule has 0 aliphatic carbocycles. The van der Waals surface area contributed by atoms with Crippen LogP contribution in [0.3, 0.4) is 0 Å². The number of anilines is 2. The van der Waals surface area contributed by atoms with E-state index < -0.39 is 5.97 Å². The summed E-state index contributed by atoms with van der Waals surface area (Å²) >= 11 is 3.15. The van der Waals surface area contributed by atoms with Crippen LogP contribution in [0.2, 0.25) is 0 Å². The van der Waals surface area contributed by atoms with Gasteiger partial charge in [0.1, 0.15) is 5.82 Å². The standard InChI is InChI=1S/C15H14BrFN2O2/c1-19(8-9-2-4-12(17)11(16)6-9)14-5-3-10(15(20)21)7-13(14)18/h2-7H,8,18H2,1H3,(H,20,21). The van der Waals surface area contributed by atoms with Gasteiger partial charge < -0.3 is 15.7 Å². The highest BCUT2D eigenvalue weighted by Gasteiger charge is 2.10. The van der Waals surface area contributed by atoms with Gasteiger partial charge in [0.05, 0.1) is 21.4 Å². The van der Waals surface area contributed by atoms with Crippen molar-refractivity contribution in [2.24, 2.45) is 0 Å². The van der Waals surface area contributed by atoms with Crippen molar-refractivity contribution in [1.29, 1.82) is 0 Å². The molecule has 0 amide bonds. The van der Waals surface area contributed by atoms with E-state index in [1.807, 2.05) is 11.9 Å². The lowest BCUT2D eigenvalue weighted by Gasteiger charge is -2.21. The number of nitrogens with two attached hydrogens (primary N) is 1. The molecule has 0 spiro atoms. The third-order valence-corrected chi connectivity index (χ3v) is 3.70. The largest absolute Gasteiger partial charge is 0.478 e. The Balaban J connectivity index is 2.21. The Morgan fingerprint density at radius 1 is 1.33 bits per heavy atom. The van der Waals surface area contributed by atoms with Crippen molar-refractivity contribution >= 4 is 33.3 Å². The number of aromatic carboxylic acids is 1. The number of carboxylic acid groups (broad SMARTS) is 1. The first-order chi connectivity index (χ1) is 9.88. The van der Waals surface area contributed by atoms with Gasteiger partial charge in [0.15, 0.2) is 0 Å². The quantitative estimate of drug-likeness (QED) is 0.826. The van der Waals surface area contributed by atoms with Gasteiger partial charge in [-0.25, -0.2) is 9.18 Å². The Hall–Kier alpha value is -2.08. The molecule has 0 unspecified atom stereocenters. The molecule has 6 heteroatoms. The third kappa shape index (κ3) is 3.52. The highest BCUT2D eigenvalue weighted by molar-refractivity contribution is 9.10. The van der Waals surface area contributed by atoms with Crippen LogP contribution in [-0.4, -0.2) is 18.1 Å². The van der Waals surface area contributed by atoms with Crippen molar-refractivity contribution in [3.05, 3.63) is 57.8 Å². The molecule has 110 valence electrons. The lowest BCUT2D eigenvalue weighted by Crippen LogP contribution is -2.18. The van der Waals surface area contributed by atoms with E-state index in [1.165, 1.54) is 18.2 Å². The summed E-state index contributed by atoms with van der Waals surface area (Å²) in [6, 6.07) is 9.38. The van der Waals surface area contributed by atoms with Crippen LogP contribution in [0.5, 0.6) is 0 Å². The summed E-state index contributed by atoms with van der Waals surface area (Å²) in [5.74, 6) is -1.33. The molecule has 2 rings (SSSR count). The number of carboxylic acids is 1. The lowest BCUT2D eigenvalue weighted by molar-refractivity contribution is 0.0697. The summed E-state index contributed by atoms with van der Waals surface area (Å²) in [7, 11) is 1.84. The van der Waals surface area contributed by atoms with Gasteiger partial charge in [-0.15, -0.1) is 0 Å². The van der Waals surface area contributed by atoms with Gasteiger partial charge in [-0.2, -0.15) is 0 Å². The van der Waals surface area contributed by atoms with Gasteiger partial charge in [-0.1, -0.05) is 6.07 Å². The molecule has 4 nitrogen and oxygen atoms in total. The first kappa shape index (κ1) is 15.3. The van der Waals surface area contributed by atoms with Crippen molar-refractivity contribution in [3.8, 4) is 0 Å². The molecule has 0 saturated carbocycles. The van der Waals surface area contributed by atoms with Crippen LogP contribution in [0.15, 0.2) is 40.9 Å². The topological polar surface area (TPSA) is 66.6 Å². The van der Waals surface area contributed by atoms with Gasteiger partial charge in [0.2, 0.25) is 0 Å². The highest BCUT2D eigenvalue weighted by atomic mass is 79.9. The molecule has 0 fully saturated rings. The van der Waals surface area contributed by atoms with Crippen LogP contribution in [0, 0.1) is 5.82 Å². The van der Waals surface area contributed by atoms with Gasteiger partial charge in [0.25, 0.3) is 0 Å². The minimum Gasteiger partial charge on any atom is -0.478 e. The zero-order chi connectivity index (χ0) is 15.6. The summed E-state index contributed by atoms with van der Waals surface area (Å²) in [5, 5.41) is 8.92. The molecule has 2 aromatic rings. The van der Waals surface area contributed by atoms with Crippen LogP contribution in [0.1, 0.15) is 15.9 Å². The van der Waals surface area contributed by atoms with E-state index in [2.05, 4.69) is 15.9 Å². The van der Waals surface area contributed by atoms with Crippen LogP contribution in [0.25, 0.3) is 0 Å². The van der Waals surface area contributed by atoms with Gasteiger partial charge in [-0.3, -0.25) is 0 Å². The van der Waals surface area contributed by atoms with E-state index in [0.717, 1.165) is 11.3 Å². The predicted octanol–water partition coefficient (Wildman–Crippen LogP) is 3.51. The minimum absolute atomic E-state index is 0.147. The van der Waals surface area contributed by atoms with Crippen molar-refractivity contribution in [2.75, 3.05) is 17.7 Å². The number of hydrogen-bond acceptors (Lipinski definition) is 3. The SMILES string of the molecule is CN(Cc1ccc(F)c(Br)c1)c1ccc(C(=O)O)cc1N. The molecule has 0 aliphatic rings. The predicted molar refractivity (Wildman–Crippen MR) is 84.0 cm³/mol. The summed E-state index contributed by atoms with van der Waals surface area (Å²) in [6.07, 6.45) is 0. The summed E-state index contributed by atoms with van der Waals surface area (Å²) < 4.78 is 13.6. The maximum absolute atomic E-state index is 13.2. The molecule has 2 aromatic carbocycles.